The maximum Gasteiger partial charge on any atom is 0.147 e. The summed E-state index contributed by atoms with van der Waals surface area (Å²) in [7, 11) is 0. The van der Waals surface area contributed by atoms with Crippen molar-refractivity contribution in [3.05, 3.63) is 32.9 Å². The van der Waals surface area contributed by atoms with Gasteiger partial charge in [0.05, 0.1) is 5.33 Å². The SMILES string of the molecule is O=C(CBr)Cc1ccc(I)c(CBr)c1. The zero-order valence-corrected chi connectivity index (χ0v) is 12.7. The quantitative estimate of drug-likeness (QED) is 0.525. The van der Waals surface area contributed by atoms with Gasteiger partial charge in [-0.1, -0.05) is 44.0 Å². The first-order valence-corrected chi connectivity index (χ1v) is 7.40. The molecule has 0 aromatic heterocycles. The van der Waals surface area contributed by atoms with Crippen LogP contribution in [0.15, 0.2) is 18.2 Å². The topological polar surface area (TPSA) is 17.1 Å². The Morgan fingerprint density at radius 3 is 2.64 bits per heavy atom. The third kappa shape index (κ3) is 3.62. The molecule has 1 nitrogen and oxygen atoms in total. The molecule has 1 aromatic rings. The lowest BCUT2D eigenvalue weighted by atomic mass is 10.1. The van der Waals surface area contributed by atoms with Gasteiger partial charge in [0, 0.05) is 15.3 Å². The van der Waals surface area contributed by atoms with Crippen molar-refractivity contribution in [3.8, 4) is 0 Å². The van der Waals surface area contributed by atoms with E-state index in [0.717, 1.165) is 10.9 Å². The first-order valence-electron chi connectivity index (χ1n) is 4.08. The van der Waals surface area contributed by atoms with Crippen molar-refractivity contribution in [2.75, 3.05) is 5.33 Å². The number of carbonyl (C=O) groups excluding carboxylic acids is 1. The fourth-order valence-electron chi connectivity index (χ4n) is 1.12. The third-order valence-electron chi connectivity index (χ3n) is 1.80. The van der Waals surface area contributed by atoms with Gasteiger partial charge in [-0.15, -0.1) is 0 Å². The summed E-state index contributed by atoms with van der Waals surface area (Å²) in [5, 5.41) is 1.27. The summed E-state index contributed by atoms with van der Waals surface area (Å²) < 4.78 is 1.23. The van der Waals surface area contributed by atoms with Gasteiger partial charge < -0.3 is 0 Å². The highest BCUT2D eigenvalue weighted by Crippen LogP contribution is 2.17. The Hall–Kier alpha value is 0.580. The highest BCUT2D eigenvalue weighted by molar-refractivity contribution is 14.1. The van der Waals surface area contributed by atoms with Crippen LogP contribution >= 0.6 is 54.5 Å². The Morgan fingerprint density at radius 1 is 1.36 bits per heavy atom. The Bertz CT molecular complexity index is 339. The number of hydrogen-bond acceptors (Lipinski definition) is 1. The number of benzene rings is 1. The lowest BCUT2D eigenvalue weighted by Crippen LogP contribution is -2.03. The van der Waals surface area contributed by atoms with E-state index in [1.165, 1.54) is 9.13 Å². The normalized spacial score (nSPS) is 10.2. The number of rotatable bonds is 4. The smallest absolute Gasteiger partial charge is 0.147 e. The highest BCUT2D eigenvalue weighted by Gasteiger charge is 2.04. The van der Waals surface area contributed by atoms with Gasteiger partial charge in [0.1, 0.15) is 5.78 Å². The van der Waals surface area contributed by atoms with Crippen LogP contribution in [0.3, 0.4) is 0 Å². The van der Waals surface area contributed by atoms with Gasteiger partial charge in [-0.05, 0) is 39.8 Å². The van der Waals surface area contributed by atoms with Crippen LogP contribution in [0, 0.1) is 3.57 Å². The number of Topliss-reactive ketones (excluding diaryl/α,β-unsaturated/α-hetero) is 1. The zero-order chi connectivity index (χ0) is 10.6. The summed E-state index contributed by atoms with van der Waals surface area (Å²) in [6.07, 6.45) is 0.516. The van der Waals surface area contributed by atoms with E-state index in [-0.39, 0.29) is 5.78 Å². The summed E-state index contributed by atoms with van der Waals surface area (Å²) in [5.41, 5.74) is 2.33. The Morgan fingerprint density at radius 2 is 2.07 bits per heavy atom. The molecule has 0 saturated heterocycles. The van der Waals surface area contributed by atoms with Gasteiger partial charge in [-0.3, -0.25) is 4.79 Å². The predicted octanol–water partition coefficient (Wildman–Crippen LogP) is 3.69. The number of hydrogen-bond donors (Lipinski definition) is 0. The first kappa shape index (κ1) is 12.6. The number of alkyl halides is 2. The van der Waals surface area contributed by atoms with Crippen molar-refractivity contribution in [2.45, 2.75) is 11.8 Å². The van der Waals surface area contributed by atoms with Crippen molar-refractivity contribution < 1.29 is 4.79 Å². The maximum atomic E-state index is 11.2. The van der Waals surface area contributed by atoms with E-state index in [1.54, 1.807) is 0 Å². The standard InChI is InChI=1S/C10H9Br2IO/c11-5-8-3-7(1-2-10(8)13)4-9(14)6-12/h1-3H,4-6H2. The highest BCUT2D eigenvalue weighted by atomic mass is 127. The molecule has 0 radical (unpaired) electrons. The molecule has 0 aliphatic carbocycles. The summed E-state index contributed by atoms with van der Waals surface area (Å²) in [5.74, 6) is 0.215. The van der Waals surface area contributed by atoms with Crippen LogP contribution in [0.4, 0.5) is 0 Å². The lowest BCUT2D eigenvalue weighted by Gasteiger charge is -2.04. The zero-order valence-electron chi connectivity index (χ0n) is 7.40. The van der Waals surface area contributed by atoms with Crippen molar-refractivity contribution >= 4 is 60.2 Å². The van der Waals surface area contributed by atoms with Crippen molar-refractivity contribution in [2.24, 2.45) is 0 Å². The molecule has 0 saturated carbocycles. The molecule has 0 heterocycles. The van der Waals surface area contributed by atoms with Crippen molar-refractivity contribution in [1.29, 1.82) is 0 Å². The molecular formula is C10H9Br2IO. The summed E-state index contributed by atoms with van der Waals surface area (Å²) in [4.78, 5) is 11.2. The Balaban J connectivity index is 2.84. The average Bonchev–Trinajstić information content (AvgIpc) is 2.20. The molecule has 0 amide bonds. The van der Waals surface area contributed by atoms with Crippen molar-refractivity contribution in [1.82, 2.24) is 0 Å². The monoisotopic (exact) mass is 430 g/mol. The molecule has 0 spiro atoms. The first-order chi connectivity index (χ1) is 6.67. The molecule has 1 aromatic carbocycles. The predicted molar refractivity (Wildman–Crippen MR) is 74.3 cm³/mol. The van der Waals surface area contributed by atoms with E-state index < -0.39 is 0 Å². The largest absolute Gasteiger partial charge is 0.298 e. The van der Waals surface area contributed by atoms with Crippen LogP contribution in [0.5, 0.6) is 0 Å². The molecule has 0 atom stereocenters. The van der Waals surface area contributed by atoms with E-state index in [1.807, 2.05) is 12.1 Å². The van der Waals surface area contributed by atoms with Gasteiger partial charge in [0.15, 0.2) is 0 Å². The molecular weight excluding hydrogens is 423 g/mol. The third-order valence-corrected chi connectivity index (χ3v) is 4.09. The van der Waals surface area contributed by atoms with Crippen LogP contribution in [0.25, 0.3) is 0 Å². The Labute approximate surface area is 114 Å². The minimum absolute atomic E-state index is 0.215. The van der Waals surface area contributed by atoms with Gasteiger partial charge in [-0.2, -0.15) is 0 Å². The number of ketones is 1. The van der Waals surface area contributed by atoms with Crippen LogP contribution in [0.2, 0.25) is 0 Å². The van der Waals surface area contributed by atoms with Crippen LogP contribution in [-0.2, 0) is 16.5 Å². The summed E-state index contributed by atoms with van der Waals surface area (Å²) >= 11 is 8.88. The van der Waals surface area contributed by atoms with E-state index in [2.05, 4.69) is 60.5 Å². The van der Waals surface area contributed by atoms with Gasteiger partial charge >= 0.3 is 0 Å². The van der Waals surface area contributed by atoms with E-state index in [4.69, 9.17) is 0 Å². The molecule has 0 N–H and O–H groups in total. The van der Waals surface area contributed by atoms with Crippen molar-refractivity contribution in [3.63, 3.8) is 0 Å². The second kappa shape index (κ2) is 6.23. The number of carbonyl (C=O) groups is 1. The minimum atomic E-state index is 0.215. The van der Waals surface area contributed by atoms with E-state index >= 15 is 0 Å². The molecule has 1 rings (SSSR count). The fraction of sp³-hybridized carbons (Fsp3) is 0.300. The second-order valence-electron chi connectivity index (χ2n) is 2.91. The molecule has 76 valence electrons. The average molecular weight is 432 g/mol. The molecule has 14 heavy (non-hydrogen) atoms. The van der Waals surface area contributed by atoms with Gasteiger partial charge in [-0.25, -0.2) is 0 Å². The lowest BCUT2D eigenvalue weighted by molar-refractivity contribution is -0.115. The minimum Gasteiger partial charge on any atom is -0.298 e. The molecule has 0 fully saturated rings. The van der Waals surface area contributed by atoms with Crippen LogP contribution in [-0.4, -0.2) is 11.1 Å². The molecule has 0 aliphatic rings. The molecule has 4 heteroatoms. The molecule has 0 bridgehead atoms. The van der Waals surface area contributed by atoms with Gasteiger partial charge in [0.2, 0.25) is 0 Å². The molecule has 0 aliphatic heterocycles. The van der Waals surface area contributed by atoms with Crippen LogP contribution in [0.1, 0.15) is 11.1 Å². The number of halogens is 3. The summed E-state index contributed by atoms with van der Waals surface area (Å²) in [6, 6.07) is 6.14. The summed E-state index contributed by atoms with van der Waals surface area (Å²) in [6.45, 7) is 0. The van der Waals surface area contributed by atoms with Crippen LogP contribution < -0.4 is 0 Å². The van der Waals surface area contributed by atoms with Gasteiger partial charge in [0.25, 0.3) is 0 Å². The molecule has 0 unspecified atom stereocenters. The maximum absolute atomic E-state index is 11.2. The van der Waals surface area contributed by atoms with E-state index in [0.29, 0.717) is 11.8 Å². The second-order valence-corrected chi connectivity index (χ2v) is 5.19. The van der Waals surface area contributed by atoms with E-state index in [9.17, 15) is 4.79 Å². The Kier molecular flexibility index (Phi) is 5.62. The fourth-order valence-corrected chi connectivity index (χ4v) is 2.83.